The number of hydrogen-bond donors (Lipinski definition) is 2. The highest BCUT2D eigenvalue weighted by molar-refractivity contribution is 5.53. The van der Waals surface area contributed by atoms with Gasteiger partial charge in [0.2, 0.25) is 0 Å². The largest absolute Gasteiger partial charge is 0.508 e. The van der Waals surface area contributed by atoms with Crippen molar-refractivity contribution >= 4 is 5.69 Å². The Morgan fingerprint density at radius 1 is 1.25 bits per heavy atom. The maximum Gasteiger partial charge on any atom is 0.117 e. The van der Waals surface area contributed by atoms with E-state index in [4.69, 9.17) is 10.8 Å². The maximum atomic E-state index is 9.12. The number of rotatable bonds is 0. The molecule has 66 valence electrons. The molecular formula is C10H15NO. The molecule has 0 unspecified atom stereocenters. The summed E-state index contributed by atoms with van der Waals surface area (Å²) in [6, 6.07) is 5.11. The third-order valence-electron chi connectivity index (χ3n) is 1.84. The van der Waals surface area contributed by atoms with Crippen molar-refractivity contribution < 1.29 is 5.11 Å². The smallest absolute Gasteiger partial charge is 0.117 e. The predicted octanol–water partition coefficient (Wildman–Crippen LogP) is 2.27. The van der Waals surface area contributed by atoms with Crippen LogP contribution in [0.5, 0.6) is 5.75 Å². The summed E-state index contributed by atoms with van der Waals surface area (Å²) in [6.45, 7) is 6.28. The second-order valence-corrected chi connectivity index (χ2v) is 4.02. The van der Waals surface area contributed by atoms with Crippen molar-refractivity contribution in [1.82, 2.24) is 0 Å². The molecule has 0 fully saturated rings. The summed E-state index contributed by atoms with van der Waals surface area (Å²) in [4.78, 5) is 0. The molecule has 1 aromatic carbocycles. The van der Waals surface area contributed by atoms with Crippen LogP contribution < -0.4 is 5.73 Å². The SMILES string of the molecule is CC(C)(C)c1ccc(O)cc1N. The Hall–Kier alpha value is -1.18. The van der Waals surface area contributed by atoms with E-state index >= 15 is 0 Å². The second kappa shape index (κ2) is 2.70. The Morgan fingerprint density at radius 2 is 1.83 bits per heavy atom. The van der Waals surface area contributed by atoms with E-state index in [9.17, 15) is 0 Å². The monoisotopic (exact) mass is 165 g/mol. The molecule has 0 atom stereocenters. The number of nitrogen functional groups attached to an aromatic ring is 1. The first-order valence-corrected chi connectivity index (χ1v) is 4.00. The fourth-order valence-electron chi connectivity index (χ4n) is 1.23. The first-order valence-electron chi connectivity index (χ1n) is 4.00. The summed E-state index contributed by atoms with van der Waals surface area (Å²) in [5.41, 5.74) is 7.51. The molecule has 1 aromatic rings. The second-order valence-electron chi connectivity index (χ2n) is 4.02. The fourth-order valence-corrected chi connectivity index (χ4v) is 1.23. The minimum absolute atomic E-state index is 0.0395. The Labute approximate surface area is 73.0 Å². The van der Waals surface area contributed by atoms with E-state index in [-0.39, 0.29) is 11.2 Å². The van der Waals surface area contributed by atoms with E-state index in [1.165, 1.54) is 0 Å². The standard InChI is InChI=1S/C10H15NO/c1-10(2,3)8-5-4-7(12)6-9(8)11/h4-6,12H,11H2,1-3H3. The lowest BCUT2D eigenvalue weighted by Gasteiger charge is -2.20. The average Bonchev–Trinajstić information content (AvgIpc) is 1.83. The number of phenols is 1. The first-order chi connectivity index (χ1) is 5.41. The van der Waals surface area contributed by atoms with Gasteiger partial charge in [-0.1, -0.05) is 26.8 Å². The first kappa shape index (κ1) is 8.91. The molecule has 0 saturated carbocycles. The van der Waals surface area contributed by atoms with E-state index < -0.39 is 0 Å². The van der Waals surface area contributed by atoms with Crippen LogP contribution in [-0.4, -0.2) is 5.11 Å². The lowest BCUT2D eigenvalue weighted by molar-refractivity contribution is 0.474. The Bertz CT molecular complexity index is 286. The normalized spacial score (nSPS) is 11.6. The fraction of sp³-hybridized carbons (Fsp3) is 0.400. The zero-order valence-corrected chi connectivity index (χ0v) is 7.76. The number of anilines is 1. The van der Waals surface area contributed by atoms with Crippen LogP contribution in [0.25, 0.3) is 0 Å². The van der Waals surface area contributed by atoms with Gasteiger partial charge in [-0.25, -0.2) is 0 Å². The topological polar surface area (TPSA) is 46.2 Å². The van der Waals surface area contributed by atoms with Gasteiger partial charge in [0, 0.05) is 11.8 Å². The van der Waals surface area contributed by atoms with Crippen molar-refractivity contribution in [2.75, 3.05) is 5.73 Å². The van der Waals surface area contributed by atoms with E-state index in [2.05, 4.69) is 20.8 Å². The van der Waals surface area contributed by atoms with Gasteiger partial charge >= 0.3 is 0 Å². The number of hydrogen-bond acceptors (Lipinski definition) is 2. The maximum absolute atomic E-state index is 9.12. The molecule has 2 heteroatoms. The minimum atomic E-state index is 0.0395. The number of nitrogens with two attached hydrogens (primary N) is 1. The molecule has 0 aromatic heterocycles. The van der Waals surface area contributed by atoms with Gasteiger partial charge in [0.05, 0.1) is 0 Å². The quantitative estimate of drug-likeness (QED) is 0.579. The third kappa shape index (κ3) is 1.70. The van der Waals surface area contributed by atoms with Gasteiger partial charge in [-0.2, -0.15) is 0 Å². The number of aromatic hydroxyl groups is 1. The molecule has 1 rings (SSSR count). The van der Waals surface area contributed by atoms with Gasteiger partial charge in [-0.15, -0.1) is 0 Å². The van der Waals surface area contributed by atoms with Crippen LogP contribution in [0, 0.1) is 0 Å². The summed E-state index contributed by atoms with van der Waals surface area (Å²) >= 11 is 0. The van der Waals surface area contributed by atoms with Crippen molar-refractivity contribution in [3.63, 3.8) is 0 Å². The van der Waals surface area contributed by atoms with Gasteiger partial charge < -0.3 is 10.8 Å². The minimum Gasteiger partial charge on any atom is -0.508 e. The van der Waals surface area contributed by atoms with Gasteiger partial charge in [0.25, 0.3) is 0 Å². The summed E-state index contributed by atoms with van der Waals surface area (Å²) in [7, 11) is 0. The van der Waals surface area contributed by atoms with Gasteiger partial charge in [-0.05, 0) is 17.0 Å². The summed E-state index contributed by atoms with van der Waals surface area (Å²) < 4.78 is 0. The molecule has 0 aliphatic heterocycles. The van der Waals surface area contributed by atoms with Crippen LogP contribution in [0.3, 0.4) is 0 Å². The van der Waals surface area contributed by atoms with Crippen molar-refractivity contribution in [3.05, 3.63) is 23.8 Å². The molecule has 0 saturated heterocycles. The molecule has 3 N–H and O–H groups in total. The van der Waals surface area contributed by atoms with Crippen LogP contribution in [0.1, 0.15) is 26.3 Å². The number of benzene rings is 1. The summed E-state index contributed by atoms with van der Waals surface area (Å²) in [5, 5.41) is 9.12. The van der Waals surface area contributed by atoms with Crippen molar-refractivity contribution in [2.45, 2.75) is 26.2 Å². The summed E-state index contributed by atoms with van der Waals surface area (Å²) in [6.07, 6.45) is 0. The predicted molar refractivity (Wildman–Crippen MR) is 51.2 cm³/mol. The lowest BCUT2D eigenvalue weighted by Crippen LogP contribution is -2.13. The van der Waals surface area contributed by atoms with E-state index in [1.807, 2.05) is 6.07 Å². The third-order valence-corrected chi connectivity index (χ3v) is 1.84. The zero-order chi connectivity index (χ0) is 9.35. The van der Waals surface area contributed by atoms with Gasteiger partial charge in [0.1, 0.15) is 5.75 Å². The molecule has 12 heavy (non-hydrogen) atoms. The highest BCUT2D eigenvalue weighted by Gasteiger charge is 2.16. The van der Waals surface area contributed by atoms with Crippen LogP contribution in [-0.2, 0) is 5.41 Å². The summed E-state index contributed by atoms with van der Waals surface area (Å²) in [5.74, 6) is 0.223. The Balaban J connectivity index is 3.19. The molecular weight excluding hydrogens is 150 g/mol. The molecule has 0 aliphatic rings. The highest BCUT2D eigenvalue weighted by Crippen LogP contribution is 2.29. The molecule has 2 nitrogen and oxygen atoms in total. The molecule has 0 bridgehead atoms. The molecule has 0 amide bonds. The molecule has 0 spiro atoms. The van der Waals surface area contributed by atoms with Crippen LogP contribution in [0.4, 0.5) is 5.69 Å². The van der Waals surface area contributed by atoms with Crippen LogP contribution in [0.15, 0.2) is 18.2 Å². The van der Waals surface area contributed by atoms with E-state index in [1.54, 1.807) is 12.1 Å². The van der Waals surface area contributed by atoms with Crippen molar-refractivity contribution in [3.8, 4) is 5.75 Å². The molecule has 0 aliphatic carbocycles. The van der Waals surface area contributed by atoms with E-state index in [0.717, 1.165) is 5.56 Å². The van der Waals surface area contributed by atoms with Gasteiger partial charge in [0.15, 0.2) is 0 Å². The van der Waals surface area contributed by atoms with Gasteiger partial charge in [-0.3, -0.25) is 0 Å². The number of phenolic OH excluding ortho intramolecular Hbond substituents is 1. The van der Waals surface area contributed by atoms with Crippen LogP contribution >= 0.6 is 0 Å². The van der Waals surface area contributed by atoms with Crippen LogP contribution in [0.2, 0.25) is 0 Å². The highest BCUT2D eigenvalue weighted by atomic mass is 16.3. The zero-order valence-electron chi connectivity index (χ0n) is 7.76. The Kier molecular flexibility index (Phi) is 2.01. The van der Waals surface area contributed by atoms with Crippen molar-refractivity contribution in [1.29, 1.82) is 0 Å². The lowest BCUT2D eigenvalue weighted by atomic mass is 9.86. The Morgan fingerprint density at radius 3 is 2.25 bits per heavy atom. The van der Waals surface area contributed by atoms with E-state index in [0.29, 0.717) is 5.69 Å². The molecule has 0 radical (unpaired) electrons. The van der Waals surface area contributed by atoms with Crippen molar-refractivity contribution in [2.24, 2.45) is 0 Å². The average molecular weight is 165 g/mol. The molecule has 0 heterocycles.